The Morgan fingerprint density at radius 2 is 2.26 bits per heavy atom. The lowest BCUT2D eigenvalue weighted by Gasteiger charge is -2.14. The summed E-state index contributed by atoms with van der Waals surface area (Å²) in [5.74, 6) is 0.117. The highest BCUT2D eigenvalue weighted by molar-refractivity contribution is 6.34. The van der Waals surface area contributed by atoms with E-state index in [-0.39, 0.29) is 16.6 Å². The van der Waals surface area contributed by atoms with Crippen molar-refractivity contribution in [2.24, 2.45) is 0 Å². The van der Waals surface area contributed by atoms with Gasteiger partial charge in [0, 0.05) is 0 Å². The normalized spacial score (nSPS) is 12.2. The second kappa shape index (κ2) is 5.32. The lowest BCUT2D eigenvalue weighted by atomic mass is 10.1. The number of nitrogens with one attached hydrogen (secondary N) is 1. The molecule has 5 nitrogen and oxygen atoms in total. The zero-order valence-corrected chi connectivity index (χ0v) is 11.2. The number of carbonyl (C=O) groups is 1. The van der Waals surface area contributed by atoms with Gasteiger partial charge >= 0.3 is 5.97 Å². The van der Waals surface area contributed by atoms with E-state index in [0.29, 0.717) is 17.3 Å². The lowest BCUT2D eigenvalue weighted by molar-refractivity contribution is 0.0698. The van der Waals surface area contributed by atoms with Crippen molar-refractivity contribution in [3.63, 3.8) is 0 Å². The third-order valence-electron chi connectivity index (χ3n) is 2.61. The molecule has 100 valence electrons. The smallest absolute Gasteiger partial charge is 0.339 e. The van der Waals surface area contributed by atoms with Crippen molar-refractivity contribution < 1.29 is 14.3 Å². The lowest BCUT2D eigenvalue weighted by Crippen LogP contribution is -2.11. The highest BCUT2D eigenvalue weighted by Crippen LogP contribution is 2.27. The summed E-state index contributed by atoms with van der Waals surface area (Å²) in [5.41, 5.74) is 0.475. The molecule has 0 aliphatic rings. The largest absolute Gasteiger partial charge is 0.478 e. The molecular weight excluding hydrogens is 268 g/mol. The number of anilines is 1. The van der Waals surface area contributed by atoms with Crippen molar-refractivity contribution in [1.82, 2.24) is 4.98 Å². The van der Waals surface area contributed by atoms with Crippen molar-refractivity contribution in [2.75, 3.05) is 5.32 Å². The number of hydrogen-bond acceptors (Lipinski definition) is 4. The second-order valence-electron chi connectivity index (χ2n) is 4.14. The van der Waals surface area contributed by atoms with Crippen LogP contribution in [0.15, 0.2) is 28.8 Å². The van der Waals surface area contributed by atoms with Crippen LogP contribution in [0, 0.1) is 6.92 Å². The fourth-order valence-electron chi connectivity index (χ4n) is 1.73. The van der Waals surface area contributed by atoms with Crippen LogP contribution in [0.1, 0.15) is 35.0 Å². The molecule has 1 unspecified atom stereocenters. The number of hydrogen-bond donors (Lipinski definition) is 2. The maximum absolute atomic E-state index is 11.2. The molecular formula is C13H13ClN2O3. The van der Waals surface area contributed by atoms with Gasteiger partial charge in [-0.1, -0.05) is 17.7 Å². The summed E-state index contributed by atoms with van der Waals surface area (Å²) in [6.45, 7) is 3.63. The van der Waals surface area contributed by atoms with Crippen LogP contribution in [0.5, 0.6) is 0 Å². The number of nitrogens with zero attached hydrogens (tertiary/aromatic N) is 1. The number of benzene rings is 1. The van der Waals surface area contributed by atoms with E-state index in [9.17, 15) is 9.90 Å². The topological polar surface area (TPSA) is 75.4 Å². The molecule has 0 bridgehead atoms. The molecule has 0 aliphatic carbocycles. The first-order valence-corrected chi connectivity index (χ1v) is 6.07. The molecule has 0 aliphatic heterocycles. The molecule has 1 atom stereocenters. The highest BCUT2D eigenvalue weighted by Gasteiger charge is 2.18. The summed E-state index contributed by atoms with van der Waals surface area (Å²) in [7, 11) is 0. The zero-order valence-electron chi connectivity index (χ0n) is 10.5. The fraction of sp³-hybridized carbons (Fsp3) is 0.231. The van der Waals surface area contributed by atoms with E-state index in [0.717, 1.165) is 0 Å². The minimum absolute atomic E-state index is 0.0410. The molecule has 2 N–H and O–H groups in total. The summed E-state index contributed by atoms with van der Waals surface area (Å²) in [5, 5.41) is 12.4. The van der Waals surface area contributed by atoms with Crippen molar-refractivity contribution in [3.05, 3.63) is 46.6 Å². The van der Waals surface area contributed by atoms with Crippen LogP contribution in [-0.4, -0.2) is 16.1 Å². The summed E-state index contributed by atoms with van der Waals surface area (Å²) >= 11 is 5.90. The van der Waals surface area contributed by atoms with Gasteiger partial charge in [-0.15, -0.1) is 0 Å². The molecule has 2 aromatic rings. The summed E-state index contributed by atoms with van der Waals surface area (Å²) < 4.78 is 5.39. The molecule has 19 heavy (non-hydrogen) atoms. The SMILES string of the molecule is Cc1cnc(C(C)Nc2cccc(Cl)c2C(=O)O)o1. The first-order chi connectivity index (χ1) is 8.99. The highest BCUT2D eigenvalue weighted by atomic mass is 35.5. The summed E-state index contributed by atoms with van der Waals surface area (Å²) in [4.78, 5) is 15.3. The number of carboxylic acid groups (broad SMARTS) is 1. The van der Waals surface area contributed by atoms with E-state index in [2.05, 4.69) is 10.3 Å². The Bertz CT molecular complexity index is 610. The maximum Gasteiger partial charge on any atom is 0.339 e. The standard InChI is InChI=1S/C13H13ClN2O3/c1-7-6-15-12(19-7)8(2)16-10-5-3-4-9(14)11(10)13(17)18/h3-6,8,16H,1-2H3,(H,17,18). The minimum Gasteiger partial charge on any atom is -0.478 e. The van der Waals surface area contributed by atoms with E-state index >= 15 is 0 Å². The zero-order chi connectivity index (χ0) is 14.0. The van der Waals surface area contributed by atoms with Gasteiger partial charge in [0.2, 0.25) is 5.89 Å². The number of oxazole rings is 1. The van der Waals surface area contributed by atoms with Gasteiger partial charge in [-0.3, -0.25) is 0 Å². The van der Waals surface area contributed by atoms with Gasteiger partial charge in [-0.05, 0) is 26.0 Å². The number of halogens is 1. The fourth-order valence-corrected chi connectivity index (χ4v) is 1.98. The Morgan fingerprint density at radius 1 is 1.53 bits per heavy atom. The number of aromatic carboxylic acids is 1. The van der Waals surface area contributed by atoms with Gasteiger partial charge in [-0.25, -0.2) is 9.78 Å². The van der Waals surface area contributed by atoms with E-state index in [1.54, 1.807) is 25.3 Å². The average Bonchev–Trinajstić information content (AvgIpc) is 2.75. The van der Waals surface area contributed by atoms with Gasteiger partial charge in [0.15, 0.2) is 0 Å². The summed E-state index contributed by atoms with van der Waals surface area (Å²) in [6.07, 6.45) is 1.61. The van der Waals surface area contributed by atoms with Crippen molar-refractivity contribution >= 4 is 23.3 Å². The van der Waals surface area contributed by atoms with Gasteiger partial charge in [-0.2, -0.15) is 0 Å². The van der Waals surface area contributed by atoms with E-state index in [1.165, 1.54) is 6.07 Å². The van der Waals surface area contributed by atoms with E-state index in [1.807, 2.05) is 6.92 Å². The predicted octanol–water partition coefficient (Wildman–Crippen LogP) is 3.51. The van der Waals surface area contributed by atoms with Crippen molar-refractivity contribution in [3.8, 4) is 0 Å². The molecule has 0 amide bonds. The number of rotatable bonds is 4. The number of carboxylic acids is 1. The molecule has 0 saturated carbocycles. The Kier molecular flexibility index (Phi) is 3.76. The van der Waals surface area contributed by atoms with E-state index in [4.69, 9.17) is 16.0 Å². The first kappa shape index (κ1) is 13.4. The number of aryl methyl sites for hydroxylation is 1. The van der Waals surface area contributed by atoms with Crippen LogP contribution in [0.4, 0.5) is 5.69 Å². The van der Waals surface area contributed by atoms with Gasteiger partial charge in [0.25, 0.3) is 0 Å². The monoisotopic (exact) mass is 280 g/mol. The first-order valence-electron chi connectivity index (χ1n) is 5.69. The molecule has 6 heteroatoms. The van der Waals surface area contributed by atoms with Crippen molar-refractivity contribution in [2.45, 2.75) is 19.9 Å². The number of aromatic nitrogens is 1. The van der Waals surface area contributed by atoms with Crippen LogP contribution >= 0.6 is 11.6 Å². The molecule has 0 saturated heterocycles. The van der Waals surface area contributed by atoms with Crippen molar-refractivity contribution in [1.29, 1.82) is 0 Å². The molecule has 0 spiro atoms. The quantitative estimate of drug-likeness (QED) is 0.896. The maximum atomic E-state index is 11.2. The van der Waals surface area contributed by atoms with Crippen LogP contribution < -0.4 is 5.32 Å². The van der Waals surface area contributed by atoms with E-state index < -0.39 is 5.97 Å². The Hall–Kier alpha value is -2.01. The average molecular weight is 281 g/mol. The van der Waals surface area contributed by atoms with Crippen LogP contribution in [0.3, 0.4) is 0 Å². The van der Waals surface area contributed by atoms with Gasteiger partial charge < -0.3 is 14.8 Å². The van der Waals surface area contributed by atoms with Gasteiger partial charge in [0.05, 0.1) is 16.9 Å². The van der Waals surface area contributed by atoms with Gasteiger partial charge in [0.1, 0.15) is 17.4 Å². The van der Waals surface area contributed by atoms with Crippen LogP contribution in [0.25, 0.3) is 0 Å². The molecule has 0 radical (unpaired) electrons. The Labute approximate surface area is 115 Å². The van der Waals surface area contributed by atoms with Crippen LogP contribution in [-0.2, 0) is 0 Å². The predicted molar refractivity (Wildman–Crippen MR) is 71.7 cm³/mol. The Morgan fingerprint density at radius 3 is 2.84 bits per heavy atom. The molecule has 1 aromatic heterocycles. The molecule has 1 heterocycles. The van der Waals surface area contributed by atoms with Crippen LogP contribution in [0.2, 0.25) is 5.02 Å². The minimum atomic E-state index is -1.08. The molecule has 0 fully saturated rings. The Balaban J connectivity index is 2.28. The summed E-state index contributed by atoms with van der Waals surface area (Å²) in [6, 6.07) is 4.62. The molecule has 2 rings (SSSR count). The second-order valence-corrected chi connectivity index (χ2v) is 4.55. The third-order valence-corrected chi connectivity index (χ3v) is 2.92. The third kappa shape index (κ3) is 2.88. The molecule has 1 aromatic carbocycles.